The molecular weight excluding hydrogens is 232 g/mol. The molecule has 0 aromatic carbocycles. The first-order chi connectivity index (χ1) is 8.69. The number of ketones is 1. The maximum absolute atomic E-state index is 10.9. The summed E-state index contributed by atoms with van der Waals surface area (Å²) >= 11 is 0. The van der Waals surface area contributed by atoms with E-state index in [1.807, 2.05) is 0 Å². The first-order valence-electron chi connectivity index (χ1n) is 6.95. The van der Waals surface area contributed by atoms with Crippen LogP contribution in [0.25, 0.3) is 0 Å². The van der Waals surface area contributed by atoms with Gasteiger partial charge in [0.15, 0.2) is 5.78 Å². The number of rotatable bonds is 2. The number of aliphatic hydroxyl groups excluding tert-OH is 1. The van der Waals surface area contributed by atoms with E-state index in [9.17, 15) is 9.90 Å². The summed E-state index contributed by atoms with van der Waals surface area (Å²) in [4.78, 5) is 10.9. The van der Waals surface area contributed by atoms with Gasteiger partial charge in [-0.25, -0.2) is 0 Å². The highest BCUT2D eigenvalue weighted by Crippen LogP contribution is 2.20. The van der Waals surface area contributed by atoms with Gasteiger partial charge in [-0.15, -0.1) is 0 Å². The van der Waals surface area contributed by atoms with Crippen molar-refractivity contribution < 1.29 is 19.4 Å². The number of aliphatic hydroxyl groups is 1. The van der Waals surface area contributed by atoms with Crippen LogP contribution in [0.3, 0.4) is 0 Å². The van der Waals surface area contributed by atoms with Crippen LogP contribution in [0.4, 0.5) is 0 Å². The highest BCUT2D eigenvalue weighted by molar-refractivity contribution is 5.83. The van der Waals surface area contributed by atoms with Gasteiger partial charge in [-0.1, -0.05) is 12.8 Å². The molecule has 0 radical (unpaired) electrons. The summed E-state index contributed by atoms with van der Waals surface area (Å²) < 4.78 is 10.0. The quantitative estimate of drug-likeness (QED) is 0.824. The lowest BCUT2D eigenvalue weighted by Gasteiger charge is -2.25. The van der Waals surface area contributed by atoms with Gasteiger partial charge in [-0.2, -0.15) is 0 Å². The second kappa shape index (κ2) is 8.62. The van der Waals surface area contributed by atoms with Crippen molar-refractivity contribution in [1.29, 1.82) is 0 Å². The summed E-state index contributed by atoms with van der Waals surface area (Å²) in [6.45, 7) is 0. The third kappa shape index (κ3) is 5.04. The molecule has 18 heavy (non-hydrogen) atoms. The number of ether oxygens (including phenoxy) is 2. The fourth-order valence-electron chi connectivity index (χ4n) is 2.55. The van der Waals surface area contributed by atoms with Crippen LogP contribution in [0.15, 0.2) is 0 Å². The second-order valence-electron chi connectivity index (χ2n) is 5.06. The topological polar surface area (TPSA) is 55.8 Å². The summed E-state index contributed by atoms with van der Waals surface area (Å²) in [5.74, 6) is 0.281. The van der Waals surface area contributed by atoms with Gasteiger partial charge >= 0.3 is 0 Å². The van der Waals surface area contributed by atoms with E-state index in [1.165, 1.54) is 6.42 Å². The molecule has 106 valence electrons. The Morgan fingerprint density at radius 3 is 2.11 bits per heavy atom. The lowest BCUT2D eigenvalue weighted by Crippen LogP contribution is -2.30. The van der Waals surface area contributed by atoms with Gasteiger partial charge in [-0.3, -0.25) is 4.79 Å². The van der Waals surface area contributed by atoms with Crippen LogP contribution in [0.1, 0.15) is 51.4 Å². The number of Topliss-reactive ketones (excluding diaryl/α,β-unsaturated/α-hetero) is 1. The maximum atomic E-state index is 10.9. The first-order valence-corrected chi connectivity index (χ1v) is 6.95. The summed E-state index contributed by atoms with van der Waals surface area (Å²) in [7, 11) is 3.27. The fourth-order valence-corrected chi connectivity index (χ4v) is 2.55. The van der Waals surface area contributed by atoms with Gasteiger partial charge in [0.05, 0.1) is 12.2 Å². The van der Waals surface area contributed by atoms with Crippen LogP contribution in [0, 0.1) is 0 Å². The van der Waals surface area contributed by atoms with Crippen LogP contribution < -0.4 is 0 Å². The molecule has 0 heterocycles. The average Bonchev–Trinajstić information content (AvgIpc) is 2.41. The number of carbonyl (C=O) groups is 1. The zero-order chi connectivity index (χ0) is 13.4. The van der Waals surface area contributed by atoms with Crippen molar-refractivity contribution in [3.8, 4) is 0 Å². The summed E-state index contributed by atoms with van der Waals surface area (Å²) in [5.41, 5.74) is 0. The Balaban J connectivity index is 0.000000180. The molecule has 4 nitrogen and oxygen atoms in total. The Bertz CT molecular complexity index is 242. The molecule has 0 spiro atoms. The largest absolute Gasteiger partial charge is 0.390 e. The zero-order valence-electron chi connectivity index (χ0n) is 11.6. The molecule has 0 aromatic heterocycles. The molecule has 0 aromatic rings. The lowest BCUT2D eigenvalue weighted by atomic mass is 9.95. The summed E-state index contributed by atoms with van der Waals surface area (Å²) in [6.07, 6.45) is 7.96. The molecule has 2 rings (SSSR count). The fraction of sp³-hybridized carbons (Fsp3) is 0.929. The lowest BCUT2D eigenvalue weighted by molar-refractivity contribution is -0.131. The third-order valence-electron chi connectivity index (χ3n) is 3.75. The minimum atomic E-state index is -0.205. The molecule has 0 amide bonds. The molecule has 3 atom stereocenters. The molecule has 4 heteroatoms. The van der Waals surface area contributed by atoms with Crippen molar-refractivity contribution in [3.63, 3.8) is 0 Å². The van der Waals surface area contributed by atoms with E-state index in [1.54, 1.807) is 14.2 Å². The number of methoxy groups -OCH3 is 2. The predicted octanol–water partition coefficient (Wildman–Crippen LogP) is 2.08. The van der Waals surface area contributed by atoms with Gasteiger partial charge in [0.2, 0.25) is 0 Å². The second-order valence-corrected chi connectivity index (χ2v) is 5.06. The highest BCUT2D eigenvalue weighted by Gasteiger charge is 2.22. The third-order valence-corrected chi connectivity index (χ3v) is 3.75. The molecular formula is C14H26O4. The minimum absolute atomic E-state index is 0.0845. The molecule has 1 N–H and O–H groups in total. The maximum Gasteiger partial charge on any atom is 0.161 e. The van der Waals surface area contributed by atoms with Gasteiger partial charge in [0.1, 0.15) is 6.10 Å². The van der Waals surface area contributed by atoms with Gasteiger partial charge in [0.25, 0.3) is 0 Å². The molecule has 2 aliphatic rings. The van der Waals surface area contributed by atoms with Crippen molar-refractivity contribution in [1.82, 2.24) is 0 Å². The predicted molar refractivity (Wildman–Crippen MR) is 69.5 cm³/mol. The van der Waals surface area contributed by atoms with Crippen molar-refractivity contribution in [2.45, 2.75) is 69.7 Å². The van der Waals surface area contributed by atoms with Gasteiger partial charge in [-0.05, 0) is 32.1 Å². The molecule has 2 fully saturated rings. The Kier molecular flexibility index (Phi) is 7.47. The zero-order valence-corrected chi connectivity index (χ0v) is 11.6. The van der Waals surface area contributed by atoms with Crippen molar-refractivity contribution in [2.24, 2.45) is 0 Å². The van der Waals surface area contributed by atoms with E-state index in [2.05, 4.69) is 0 Å². The average molecular weight is 258 g/mol. The Morgan fingerprint density at radius 2 is 1.67 bits per heavy atom. The SMILES string of the molecule is COC1CCCCC1=O.CO[C@H]1CCCC[C@H]1O. The summed E-state index contributed by atoms with van der Waals surface area (Å²) in [6, 6.07) is 0. The normalized spacial score (nSPS) is 32.6. The van der Waals surface area contributed by atoms with Crippen LogP contribution in [-0.2, 0) is 14.3 Å². The standard InChI is InChI=1S/C7H14O2.C7H12O2/c2*1-9-7-5-3-2-4-6(7)8/h6-8H,2-5H2,1H3;7H,2-5H2,1H3/t6-,7+;/m1./s1. The van der Waals surface area contributed by atoms with Crippen LogP contribution in [0.5, 0.6) is 0 Å². The summed E-state index contributed by atoms with van der Waals surface area (Å²) in [5, 5.41) is 9.24. The van der Waals surface area contributed by atoms with Gasteiger partial charge in [0, 0.05) is 20.6 Å². The molecule has 0 bridgehead atoms. The molecule has 2 saturated carbocycles. The molecule has 2 aliphatic carbocycles. The van der Waals surface area contributed by atoms with Crippen LogP contribution >= 0.6 is 0 Å². The Hall–Kier alpha value is -0.450. The number of carbonyl (C=O) groups excluding carboxylic acids is 1. The molecule has 0 aliphatic heterocycles. The van der Waals surface area contributed by atoms with E-state index in [0.29, 0.717) is 0 Å². The monoisotopic (exact) mass is 258 g/mol. The van der Waals surface area contributed by atoms with E-state index in [-0.39, 0.29) is 24.1 Å². The highest BCUT2D eigenvalue weighted by atomic mass is 16.5. The number of hydrogen-bond acceptors (Lipinski definition) is 4. The van der Waals surface area contributed by atoms with E-state index >= 15 is 0 Å². The smallest absolute Gasteiger partial charge is 0.161 e. The van der Waals surface area contributed by atoms with E-state index in [0.717, 1.165) is 44.9 Å². The Morgan fingerprint density at radius 1 is 1.00 bits per heavy atom. The molecule has 1 unspecified atom stereocenters. The Labute approximate surface area is 110 Å². The van der Waals surface area contributed by atoms with Crippen molar-refractivity contribution in [3.05, 3.63) is 0 Å². The van der Waals surface area contributed by atoms with Crippen molar-refractivity contribution in [2.75, 3.05) is 14.2 Å². The number of hydrogen-bond donors (Lipinski definition) is 1. The van der Waals surface area contributed by atoms with Crippen LogP contribution in [-0.4, -0.2) is 43.4 Å². The van der Waals surface area contributed by atoms with Gasteiger partial charge < -0.3 is 14.6 Å². The van der Waals surface area contributed by atoms with E-state index in [4.69, 9.17) is 9.47 Å². The minimum Gasteiger partial charge on any atom is -0.390 e. The van der Waals surface area contributed by atoms with Crippen LogP contribution in [0.2, 0.25) is 0 Å². The van der Waals surface area contributed by atoms with E-state index < -0.39 is 0 Å². The van der Waals surface area contributed by atoms with Crippen molar-refractivity contribution >= 4 is 5.78 Å². The molecule has 0 saturated heterocycles. The first kappa shape index (κ1) is 15.6.